The second kappa shape index (κ2) is 5.95. The number of pyridine rings is 1. The third-order valence-corrected chi connectivity index (χ3v) is 3.60. The molecule has 3 N–H and O–H groups in total. The summed E-state index contributed by atoms with van der Waals surface area (Å²) in [5, 5.41) is 12.4. The molecule has 0 radical (unpaired) electrons. The van der Waals surface area contributed by atoms with E-state index in [1.54, 1.807) is 12.1 Å². The topological polar surface area (TPSA) is 91.3 Å². The second-order valence-corrected chi connectivity index (χ2v) is 5.66. The Balaban J connectivity index is 2.44. The Bertz CT molecular complexity index is 474. The van der Waals surface area contributed by atoms with Gasteiger partial charge < -0.3 is 10.4 Å². The first-order valence-corrected chi connectivity index (χ1v) is 6.87. The lowest BCUT2D eigenvalue weighted by Crippen LogP contribution is -2.29. The van der Waals surface area contributed by atoms with Crippen LogP contribution in [0.2, 0.25) is 0 Å². The Labute approximate surface area is 101 Å². The van der Waals surface area contributed by atoms with Gasteiger partial charge in [-0.2, -0.15) is 0 Å². The highest BCUT2D eigenvalue weighted by molar-refractivity contribution is 7.89. The zero-order valence-electron chi connectivity index (χ0n) is 9.90. The monoisotopic (exact) mass is 259 g/mol. The number of nitrogens with zero attached hydrogens (tertiary/aromatic N) is 1. The van der Waals surface area contributed by atoms with Crippen molar-refractivity contribution in [1.29, 1.82) is 0 Å². The summed E-state index contributed by atoms with van der Waals surface area (Å²) in [6.07, 6.45) is 0. The standard InChI is InChI=1S/C10H17N3O3S/c1-8-3-4-10(14)9(13-8)7-12-5-6-17(15,16)11-2/h3-4,11-12,14H,5-7H2,1-2H3. The molecule has 0 amide bonds. The van der Waals surface area contributed by atoms with E-state index in [1.807, 2.05) is 6.92 Å². The van der Waals surface area contributed by atoms with E-state index in [9.17, 15) is 13.5 Å². The minimum atomic E-state index is -3.19. The van der Waals surface area contributed by atoms with Gasteiger partial charge >= 0.3 is 0 Å². The molecular weight excluding hydrogens is 242 g/mol. The smallest absolute Gasteiger partial charge is 0.212 e. The number of aryl methyl sites for hydroxylation is 1. The molecule has 7 heteroatoms. The van der Waals surface area contributed by atoms with Crippen LogP contribution in [0, 0.1) is 6.92 Å². The number of nitrogens with one attached hydrogen (secondary N) is 2. The first-order chi connectivity index (χ1) is 7.94. The summed E-state index contributed by atoms with van der Waals surface area (Å²) in [6, 6.07) is 3.29. The lowest BCUT2D eigenvalue weighted by atomic mass is 10.3. The molecule has 0 aliphatic carbocycles. The predicted octanol–water partition coefficient (Wildman–Crippen LogP) is -0.266. The second-order valence-electron chi connectivity index (χ2n) is 3.62. The molecule has 0 atom stereocenters. The van der Waals surface area contributed by atoms with Crippen LogP contribution in [-0.2, 0) is 16.6 Å². The van der Waals surface area contributed by atoms with Crippen LogP contribution in [0.4, 0.5) is 0 Å². The van der Waals surface area contributed by atoms with Crippen LogP contribution >= 0.6 is 0 Å². The molecule has 0 fully saturated rings. The number of sulfonamides is 1. The molecule has 0 bridgehead atoms. The largest absolute Gasteiger partial charge is 0.506 e. The third-order valence-electron chi connectivity index (χ3n) is 2.24. The normalized spacial score (nSPS) is 11.6. The van der Waals surface area contributed by atoms with Crippen molar-refractivity contribution >= 4 is 10.0 Å². The van der Waals surface area contributed by atoms with Crippen molar-refractivity contribution in [2.45, 2.75) is 13.5 Å². The van der Waals surface area contributed by atoms with Crippen LogP contribution in [0.3, 0.4) is 0 Å². The van der Waals surface area contributed by atoms with Crippen molar-refractivity contribution in [2.75, 3.05) is 19.3 Å². The van der Waals surface area contributed by atoms with Gasteiger partial charge in [-0.1, -0.05) is 0 Å². The fourth-order valence-corrected chi connectivity index (χ4v) is 1.87. The van der Waals surface area contributed by atoms with E-state index < -0.39 is 10.0 Å². The molecule has 0 saturated heterocycles. The maximum atomic E-state index is 11.1. The van der Waals surface area contributed by atoms with Gasteiger partial charge in [0.1, 0.15) is 5.75 Å². The van der Waals surface area contributed by atoms with Crippen molar-refractivity contribution in [3.8, 4) is 5.75 Å². The maximum Gasteiger partial charge on any atom is 0.212 e. The minimum absolute atomic E-state index is 0.00389. The quantitative estimate of drug-likeness (QED) is 0.612. The summed E-state index contributed by atoms with van der Waals surface area (Å²) in [6.45, 7) is 2.47. The summed E-state index contributed by atoms with van der Waals surface area (Å²) < 4.78 is 24.5. The summed E-state index contributed by atoms with van der Waals surface area (Å²) >= 11 is 0. The van der Waals surface area contributed by atoms with Crippen LogP contribution < -0.4 is 10.0 Å². The highest BCUT2D eigenvalue weighted by Crippen LogP contribution is 2.13. The van der Waals surface area contributed by atoms with Crippen LogP contribution in [0.25, 0.3) is 0 Å². The molecule has 1 heterocycles. The van der Waals surface area contributed by atoms with Crippen LogP contribution in [0.5, 0.6) is 5.75 Å². The zero-order chi connectivity index (χ0) is 12.9. The van der Waals surface area contributed by atoms with Crippen LogP contribution in [0.1, 0.15) is 11.4 Å². The first kappa shape index (κ1) is 13.9. The molecule has 1 aromatic rings. The Morgan fingerprint density at radius 2 is 2.12 bits per heavy atom. The van der Waals surface area contributed by atoms with Gasteiger partial charge in [-0.25, -0.2) is 13.1 Å². The zero-order valence-corrected chi connectivity index (χ0v) is 10.7. The molecule has 0 spiro atoms. The van der Waals surface area contributed by atoms with Gasteiger partial charge in [0.15, 0.2) is 0 Å². The molecule has 0 aliphatic rings. The maximum absolute atomic E-state index is 11.1. The molecule has 0 saturated carbocycles. The Hall–Kier alpha value is -1.18. The van der Waals surface area contributed by atoms with Crippen molar-refractivity contribution in [1.82, 2.24) is 15.0 Å². The van der Waals surface area contributed by atoms with Crippen LogP contribution in [-0.4, -0.2) is 37.9 Å². The number of hydrogen-bond acceptors (Lipinski definition) is 5. The van der Waals surface area contributed by atoms with E-state index in [2.05, 4.69) is 15.0 Å². The van der Waals surface area contributed by atoms with Gasteiger partial charge in [-0.15, -0.1) is 0 Å². The highest BCUT2D eigenvalue weighted by Gasteiger charge is 2.07. The van der Waals surface area contributed by atoms with Gasteiger partial charge in [0.25, 0.3) is 0 Å². The average Bonchev–Trinajstić information content (AvgIpc) is 2.29. The fraction of sp³-hybridized carbons (Fsp3) is 0.500. The third kappa shape index (κ3) is 4.68. The molecule has 1 rings (SSSR count). The Kier molecular flexibility index (Phi) is 4.86. The molecule has 0 aromatic carbocycles. The van der Waals surface area contributed by atoms with Gasteiger partial charge in [0.05, 0.1) is 11.4 Å². The lowest BCUT2D eigenvalue weighted by molar-refractivity contribution is 0.460. The van der Waals surface area contributed by atoms with Crippen molar-refractivity contribution in [3.05, 3.63) is 23.5 Å². The van der Waals surface area contributed by atoms with Crippen molar-refractivity contribution in [2.24, 2.45) is 0 Å². The number of hydrogen-bond donors (Lipinski definition) is 3. The van der Waals surface area contributed by atoms with Gasteiger partial charge in [0, 0.05) is 18.8 Å². The first-order valence-electron chi connectivity index (χ1n) is 5.22. The summed E-state index contributed by atoms with van der Waals surface area (Å²) in [7, 11) is -1.81. The minimum Gasteiger partial charge on any atom is -0.506 e. The van der Waals surface area contributed by atoms with E-state index in [4.69, 9.17) is 0 Å². The predicted molar refractivity (Wildman–Crippen MR) is 65.2 cm³/mol. The highest BCUT2D eigenvalue weighted by atomic mass is 32.2. The number of rotatable bonds is 6. The molecule has 96 valence electrons. The average molecular weight is 259 g/mol. The van der Waals surface area contributed by atoms with Gasteiger partial charge in [-0.05, 0) is 26.1 Å². The Morgan fingerprint density at radius 3 is 2.76 bits per heavy atom. The van der Waals surface area contributed by atoms with Crippen LogP contribution in [0.15, 0.2) is 12.1 Å². The summed E-state index contributed by atoms with van der Waals surface area (Å²) in [4.78, 5) is 4.15. The van der Waals surface area contributed by atoms with E-state index in [0.717, 1.165) is 5.69 Å². The van der Waals surface area contributed by atoms with Gasteiger partial charge in [-0.3, -0.25) is 4.98 Å². The number of aromatic nitrogens is 1. The molecule has 17 heavy (non-hydrogen) atoms. The molecule has 0 unspecified atom stereocenters. The summed E-state index contributed by atoms with van der Waals surface area (Å²) in [5.41, 5.74) is 1.33. The van der Waals surface area contributed by atoms with E-state index in [-0.39, 0.29) is 11.5 Å². The molecule has 1 aromatic heterocycles. The number of aromatic hydroxyl groups is 1. The van der Waals surface area contributed by atoms with Gasteiger partial charge in [0.2, 0.25) is 10.0 Å². The van der Waals surface area contributed by atoms with E-state index >= 15 is 0 Å². The Morgan fingerprint density at radius 1 is 1.41 bits per heavy atom. The molecule has 0 aliphatic heterocycles. The molecule has 6 nitrogen and oxygen atoms in total. The molecular formula is C10H17N3O3S. The fourth-order valence-electron chi connectivity index (χ4n) is 1.25. The lowest BCUT2D eigenvalue weighted by Gasteiger charge is -2.07. The van der Waals surface area contributed by atoms with Crippen molar-refractivity contribution in [3.63, 3.8) is 0 Å². The summed E-state index contributed by atoms with van der Waals surface area (Å²) in [5.74, 6) is 0.107. The van der Waals surface area contributed by atoms with E-state index in [1.165, 1.54) is 7.05 Å². The van der Waals surface area contributed by atoms with Crippen molar-refractivity contribution < 1.29 is 13.5 Å². The SMILES string of the molecule is CNS(=O)(=O)CCNCc1nc(C)ccc1O. The van der Waals surface area contributed by atoms with E-state index in [0.29, 0.717) is 18.8 Å².